The molecule has 0 saturated carbocycles. The van der Waals surface area contributed by atoms with Gasteiger partial charge in [0.25, 0.3) is 0 Å². The number of hydrogen-bond donors (Lipinski definition) is 0. The highest BCUT2D eigenvalue weighted by Crippen LogP contribution is 2.50. The first-order valence-electron chi connectivity index (χ1n) is 18.0. The van der Waals surface area contributed by atoms with Crippen LogP contribution in [0.3, 0.4) is 0 Å². The van der Waals surface area contributed by atoms with Crippen molar-refractivity contribution >= 4 is 21.5 Å². The fourth-order valence-corrected chi connectivity index (χ4v) is 7.93. The Morgan fingerprint density at radius 2 is 0.962 bits per heavy atom. The molecule has 2 aromatic heterocycles. The van der Waals surface area contributed by atoms with Crippen LogP contribution in [0.15, 0.2) is 170 Å². The van der Waals surface area contributed by atoms with Crippen molar-refractivity contribution in [3.8, 4) is 67.5 Å². The van der Waals surface area contributed by atoms with Gasteiger partial charge in [-0.1, -0.05) is 147 Å². The molecular weight excluding hydrogens is 645 g/mol. The van der Waals surface area contributed by atoms with E-state index in [-0.39, 0.29) is 5.41 Å². The number of hydrogen-bond acceptors (Lipinski definition) is 4. The summed E-state index contributed by atoms with van der Waals surface area (Å²) in [5.41, 5.74) is 13.2. The lowest BCUT2D eigenvalue weighted by atomic mass is 9.81. The molecule has 53 heavy (non-hydrogen) atoms. The lowest BCUT2D eigenvalue weighted by Crippen LogP contribution is -2.14. The summed E-state index contributed by atoms with van der Waals surface area (Å²) in [7, 11) is 0. The quantitative estimate of drug-likeness (QED) is 0.170. The Morgan fingerprint density at radius 1 is 0.377 bits per heavy atom. The Kier molecular flexibility index (Phi) is 7.12. The predicted molar refractivity (Wildman–Crippen MR) is 217 cm³/mol. The summed E-state index contributed by atoms with van der Waals surface area (Å²) in [5, 5.41) is 4.97. The van der Waals surface area contributed by atoms with Gasteiger partial charge in [0.15, 0.2) is 11.6 Å². The minimum atomic E-state index is -0.0492. The van der Waals surface area contributed by atoms with Gasteiger partial charge in [0.1, 0.15) is 0 Å². The smallest absolute Gasteiger partial charge is 0.160 e. The first kappa shape index (κ1) is 31.0. The lowest BCUT2D eigenvalue weighted by molar-refractivity contribution is 0.661. The molecule has 10 rings (SSSR count). The summed E-state index contributed by atoms with van der Waals surface area (Å²) >= 11 is 0. The van der Waals surface area contributed by atoms with Crippen LogP contribution in [-0.2, 0) is 5.41 Å². The number of fused-ring (bicyclic) bond motifs is 6. The van der Waals surface area contributed by atoms with Gasteiger partial charge in [-0.2, -0.15) is 0 Å². The molecule has 0 radical (unpaired) electrons. The van der Waals surface area contributed by atoms with Gasteiger partial charge in [0, 0.05) is 45.6 Å². The molecule has 2 heterocycles. The molecule has 0 aliphatic heterocycles. The van der Waals surface area contributed by atoms with Crippen molar-refractivity contribution < 1.29 is 0 Å². The Labute approximate surface area is 308 Å². The maximum Gasteiger partial charge on any atom is 0.160 e. The second kappa shape index (κ2) is 12.2. The van der Waals surface area contributed by atoms with Gasteiger partial charge < -0.3 is 0 Å². The van der Waals surface area contributed by atoms with Gasteiger partial charge in [-0.25, -0.2) is 19.9 Å². The summed E-state index contributed by atoms with van der Waals surface area (Å²) < 4.78 is 0. The van der Waals surface area contributed by atoms with Crippen molar-refractivity contribution in [1.82, 2.24) is 19.9 Å². The Balaban J connectivity index is 1.03. The van der Waals surface area contributed by atoms with Crippen LogP contribution in [0.25, 0.3) is 89.1 Å². The molecule has 1 aliphatic rings. The average Bonchev–Trinajstić information content (AvgIpc) is 3.45. The standard InChI is InChI=1S/C49H34N4/c1-49(2)43-16-10-9-15-40(43)42-26-36-22-21-35-25-37(23-24-39(35)41(36)27-44(42)49)46-28-45(32-11-5-3-6-12-32)52-48(53-46)34-19-17-31(18-20-34)38-29-50-47(51-30-38)33-13-7-4-8-14-33/h3-30H,1-2H3. The van der Waals surface area contributed by atoms with E-state index in [1.807, 2.05) is 48.8 Å². The lowest BCUT2D eigenvalue weighted by Gasteiger charge is -2.22. The third-order valence-corrected chi connectivity index (χ3v) is 10.8. The van der Waals surface area contributed by atoms with E-state index in [0.29, 0.717) is 11.6 Å². The van der Waals surface area contributed by atoms with Crippen molar-refractivity contribution in [3.63, 3.8) is 0 Å². The molecular formula is C49H34N4. The second-order valence-corrected chi connectivity index (χ2v) is 14.4. The third-order valence-electron chi connectivity index (χ3n) is 10.8. The molecule has 0 atom stereocenters. The van der Waals surface area contributed by atoms with Gasteiger partial charge in [0.05, 0.1) is 11.4 Å². The van der Waals surface area contributed by atoms with Crippen molar-refractivity contribution in [3.05, 3.63) is 181 Å². The normalized spacial score (nSPS) is 12.9. The number of benzene rings is 7. The first-order chi connectivity index (χ1) is 26.0. The molecule has 0 saturated heterocycles. The third kappa shape index (κ3) is 5.30. The fraction of sp³-hybridized carbons (Fsp3) is 0.0612. The van der Waals surface area contributed by atoms with E-state index in [2.05, 4.69) is 145 Å². The average molecular weight is 679 g/mol. The molecule has 4 heteroatoms. The Morgan fingerprint density at radius 3 is 1.70 bits per heavy atom. The van der Waals surface area contributed by atoms with Crippen LogP contribution in [0.2, 0.25) is 0 Å². The number of nitrogens with zero attached hydrogens (tertiary/aromatic N) is 4. The van der Waals surface area contributed by atoms with E-state index in [1.165, 1.54) is 43.8 Å². The molecule has 250 valence electrons. The van der Waals surface area contributed by atoms with Crippen LogP contribution in [0.1, 0.15) is 25.0 Å². The highest BCUT2D eigenvalue weighted by Gasteiger charge is 2.35. The van der Waals surface area contributed by atoms with Gasteiger partial charge in [-0.05, 0) is 73.6 Å². The zero-order valence-electron chi connectivity index (χ0n) is 29.5. The monoisotopic (exact) mass is 678 g/mol. The summed E-state index contributed by atoms with van der Waals surface area (Å²) in [6.07, 6.45) is 3.76. The minimum Gasteiger partial charge on any atom is -0.236 e. The van der Waals surface area contributed by atoms with Crippen LogP contribution in [0.5, 0.6) is 0 Å². The SMILES string of the molecule is CC1(C)c2ccccc2-c2cc3ccc4cc(-c5cc(-c6ccccc6)nc(-c6ccc(-c7cnc(-c8ccccc8)nc7)cc6)n5)ccc4c3cc21. The highest BCUT2D eigenvalue weighted by molar-refractivity contribution is 6.10. The van der Waals surface area contributed by atoms with Crippen molar-refractivity contribution in [2.24, 2.45) is 0 Å². The largest absolute Gasteiger partial charge is 0.236 e. The molecule has 4 nitrogen and oxygen atoms in total. The van der Waals surface area contributed by atoms with Crippen LogP contribution in [0.4, 0.5) is 0 Å². The van der Waals surface area contributed by atoms with E-state index in [4.69, 9.17) is 9.97 Å². The summed E-state index contributed by atoms with van der Waals surface area (Å²) in [6, 6.07) is 55.7. The summed E-state index contributed by atoms with van der Waals surface area (Å²) in [5.74, 6) is 1.39. The molecule has 0 bridgehead atoms. The van der Waals surface area contributed by atoms with Crippen LogP contribution >= 0.6 is 0 Å². The maximum atomic E-state index is 5.17. The minimum absolute atomic E-state index is 0.0492. The molecule has 1 aliphatic carbocycles. The molecule has 0 unspecified atom stereocenters. The Bertz CT molecular complexity index is 2830. The maximum absolute atomic E-state index is 5.17. The van der Waals surface area contributed by atoms with Gasteiger partial charge in [-0.15, -0.1) is 0 Å². The fourth-order valence-electron chi connectivity index (χ4n) is 7.93. The molecule has 0 amide bonds. The molecule has 7 aromatic carbocycles. The van der Waals surface area contributed by atoms with Gasteiger partial charge in [0.2, 0.25) is 0 Å². The van der Waals surface area contributed by atoms with E-state index < -0.39 is 0 Å². The van der Waals surface area contributed by atoms with Crippen LogP contribution in [-0.4, -0.2) is 19.9 Å². The molecule has 9 aromatic rings. The molecule has 0 spiro atoms. The topological polar surface area (TPSA) is 51.6 Å². The van der Waals surface area contributed by atoms with Crippen molar-refractivity contribution in [2.75, 3.05) is 0 Å². The van der Waals surface area contributed by atoms with Gasteiger partial charge >= 0.3 is 0 Å². The van der Waals surface area contributed by atoms with Crippen LogP contribution < -0.4 is 0 Å². The molecule has 0 fully saturated rings. The zero-order chi connectivity index (χ0) is 35.5. The van der Waals surface area contributed by atoms with Crippen molar-refractivity contribution in [2.45, 2.75) is 19.3 Å². The first-order valence-corrected chi connectivity index (χ1v) is 18.0. The molecule has 0 N–H and O–H groups in total. The summed E-state index contributed by atoms with van der Waals surface area (Å²) in [6.45, 7) is 4.68. The van der Waals surface area contributed by atoms with E-state index in [1.54, 1.807) is 0 Å². The number of rotatable bonds is 5. The summed E-state index contributed by atoms with van der Waals surface area (Å²) in [4.78, 5) is 19.5. The van der Waals surface area contributed by atoms with Crippen molar-refractivity contribution in [1.29, 1.82) is 0 Å². The predicted octanol–water partition coefficient (Wildman–Crippen LogP) is 12.2. The highest BCUT2D eigenvalue weighted by atomic mass is 14.9. The van der Waals surface area contributed by atoms with Gasteiger partial charge in [-0.3, -0.25) is 0 Å². The zero-order valence-corrected chi connectivity index (χ0v) is 29.5. The van der Waals surface area contributed by atoms with E-state index in [0.717, 1.165) is 44.8 Å². The van der Waals surface area contributed by atoms with E-state index >= 15 is 0 Å². The Hall–Kier alpha value is -6.78. The van der Waals surface area contributed by atoms with E-state index in [9.17, 15) is 0 Å². The van der Waals surface area contributed by atoms with Crippen LogP contribution in [0, 0.1) is 0 Å². The second-order valence-electron chi connectivity index (χ2n) is 14.4. The number of aromatic nitrogens is 4.